The predicted molar refractivity (Wildman–Crippen MR) is 149 cm³/mol. The summed E-state index contributed by atoms with van der Waals surface area (Å²) in [6.45, 7) is 7.79. The Morgan fingerprint density at radius 2 is 1.82 bits per heavy atom. The van der Waals surface area contributed by atoms with Crippen LogP contribution in [-0.4, -0.2) is 61.7 Å². The Kier molecular flexibility index (Phi) is 8.76. The Bertz CT molecular complexity index is 1330. The number of carbonyl (C=O) groups excluding carboxylic acids is 3. The second-order valence-electron chi connectivity index (χ2n) is 10.3. The van der Waals surface area contributed by atoms with Crippen LogP contribution in [-0.2, 0) is 22.6 Å². The van der Waals surface area contributed by atoms with Gasteiger partial charge < -0.3 is 25.2 Å². The molecular formula is C29H34N4O5S. The average molecular weight is 551 g/mol. The van der Waals surface area contributed by atoms with Crippen LogP contribution in [0.3, 0.4) is 0 Å². The molecule has 0 aliphatic carbocycles. The van der Waals surface area contributed by atoms with E-state index >= 15 is 0 Å². The first-order chi connectivity index (χ1) is 18.6. The highest BCUT2D eigenvalue weighted by atomic mass is 32.2. The minimum absolute atomic E-state index is 0.0523. The number of nitrogens with zero attached hydrogens (tertiary/aromatic N) is 2. The van der Waals surface area contributed by atoms with E-state index in [0.29, 0.717) is 12.3 Å². The molecule has 3 amide bonds. The third-order valence-corrected chi connectivity index (χ3v) is 8.28. The lowest BCUT2D eigenvalue weighted by Gasteiger charge is -2.33. The van der Waals surface area contributed by atoms with E-state index in [2.05, 4.69) is 15.8 Å². The maximum Gasteiger partial charge on any atom is 0.273 e. The van der Waals surface area contributed by atoms with Crippen molar-refractivity contribution in [3.05, 3.63) is 88.8 Å². The standard InChI is InChI=1S/C29H34N4O5S/c1-18-10-8-9-13-21(18)16-30-27(36)25-29(3,4)39-17-33(25)28(37)24(34)22(15-20-11-6-5-7-12-20)31-26(35)23-14-19(2)38-32-23/h5-14,22,24-25,34H,15-17H2,1-4H3,(H,30,36)(H,31,35)/t22-,24-,25+/m0/s1. The van der Waals surface area contributed by atoms with Gasteiger partial charge in [0.1, 0.15) is 11.8 Å². The van der Waals surface area contributed by atoms with E-state index in [-0.39, 0.29) is 23.9 Å². The van der Waals surface area contributed by atoms with Gasteiger partial charge in [-0.05, 0) is 50.8 Å². The highest BCUT2D eigenvalue weighted by Gasteiger charge is 2.49. The minimum atomic E-state index is -1.59. The molecule has 1 aliphatic heterocycles. The molecule has 0 saturated carbocycles. The van der Waals surface area contributed by atoms with Gasteiger partial charge in [-0.2, -0.15) is 0 Å². The summed E-state index contributed by atoms with van der Waals surface area (Å²) in [7, 11) is 0. The Labute approximate surface area is 232 Å². The zero-order chi connectivity index (χ0) is 28.2. The molecule has 0 unspecified atom stereocenters. The van der Waals surface area contributed by atoms with E-state index < -0.39 is 34.7 Å². The van der Waals surface area contributed by atoms with Crippen LogP contribution < -0.4 is 10.6 Å². The molecule has 0 radical (unpaired) electrons. The van der Waals surface area contributed by atoms with E-state index in [4.69, 9.17) is 4.52 Å². The fourth-order valence-electron chi connectivity index (χ4n) is 4.67. The Hall–Kier alpha value is -3.63. The SMILES string of the molecule is Cc1cc(C(=O)N[C@@H](Cc2ccccc2)[C@H](O)C(=O)N2CSC(C)(C)[C@H]2C(=O)NCc2ccccc2C)no1. The van der Waals surface area contributed by atoms with Gasteiger partial charge in [-0.3, -0.25) is 14.4 Å². The number of aliphatic hydroxyl groups excluding tert-OH is 1. The van der Waals surface area contributed by atoms with Crippen molar-refractivity contribution in [1.82, 2.24) is 20.7 Å². The number of aliphatic hydroxyl groups is 1. The predicted octanol–water partition coefficient (Wildman–Crippen LogP) is 2.99. The molecule has 1 aliphatic rings. The number of benzene rings is 2. The molecule has 3 N–H and O–H groups in total. The van der Waals surface area contributed by atoms with E-state index in [9.17, 15) is 19.5 Å². The molecular weight excluding hydrogens is 516 g/mol. The van der Waals surface area contributed by atoms with Gasteiger partial charge in [0, 0.05) is 17.4 Å². The highest BCUT2D eigenvalue weighted by Crippen LogP contribution is 2.40. The van der Waals surface area contributed by atoms with Gasteiger partial charge in [-0.1, -0.05) is 59.8 Å². The summed E-state index contributed by atoms with van der Waals surface area (Å²) in [5, 5.41) is 20.8. The summed E-state index contributed by atoms with van der Waals surface area (Å²) in [6, 6.07) is 16.8. The third kappa shape index (κ3) is 6.69. The number of hydrogen-bond donors (Lipinski definition) is 3. The van der Waals surface area contributed by atoms with Gasteiger partial charge in [0.15, 0.2) is 11.8 Å². The van der Waals surface area contributed by atoms with Crippen LogP contribution in [0.1, 0.15) is 46.8 Å². The monoisotopic (exact) mass is 550 g/mol. The third-order valence-electron chi connectivity index (χ3n) is 6.90. The van der Waals surface area contributed by atoms with Crippen molar-refractivity contribution < 1.29 is 24.0 Å². The molecule has 2 aromatic carbocycles. The highest BCUT2D eigenvalue weighted by molar-refractivity contribution is 8.00. The first kappa shape index (κ1) is 28.4. The molecule has 39 heavy (non-hydrogen) atoms. The van der Waals surface area contributed by atoms with Crippen molar-refractivity contribution in [2.45, 2.75) is 63.6 Å². The molecule has 2 heterocycles. The van der Waals surface area contributed by atoms with Crippen molar-refractivity contribution in [3.63, 3.8) is 0 Å². The molecule has 0 spiro atoms. The summed E-state index contributed by atoms with van der Waals surface area (Å²) in [5.74, 6) is -0.785. The van der Waals surface area contributed by atoms with Crippen LogP contribution in [0.15, 0.2) is 65.2 Å². The molecule has 3 aromatic rings. The molecule has 3 atom stereocenters. The van der Waals surface area contributed by atoms with Crippen molar-refractivity contribution >= 4 is 29.5 Å². The van der Waals surface area contributed by atoms with Gasteiger partial charge in [0.25, 0.3) is 11.8 Å². The lowest BCUT2D eigenvalue weighted by atomic mass is 9.97. The molecule has 1 saturated heterocycles. The van der Waals surface area contributed by atoms with Crippen LogP contribution >= 0.6 is 11.8 Å². The van der Waals surface area contributed by atoms with Crippen LogP contribution in [0.4, 0.5) is 0 Å². The van der Waals surface area contributed by atoms with Crippen molar-refractivity contribution in [2.75, 3.05) is 5.88 Å². The number of rotatable bonds is 9. The quantitative estimate of drug-likeness (QED) is 0.374. The second-order valence-corrected chi connectivity index (χ2v) is 11.9. The molecule has 1 fully saturated rings. The summed E-state index contributed by atoms with van der Waals surface area (Å²) < 4.78 is 4.42. The number of hydrogen-bond acceptors (Lipinski definition) is 7. The zero-order valence-electron chi connectivity index (χ0n) is 22.5. The smallest absolute Gasteiger partial charge is 0.273 e. The number of aryl methyl sites for hydroxylation is 2. The molecule has 9 nitrogen and oxygen atoms in total. The fourth-order valence-corrected chi connectivity index (χ4v) is 5.81. The molecule has 206 valence electrons. The van der Waals surface area contributed by atoms with Crippen LogP contribution in [0, 0.1) is 13.8 Å². The van der Waals surface area contributed by atoms with Gasteiger partial charge in [-0.15, -0.1) is 11.8 Å². The van der Waals surface area contributed by atoms with E-state index in [1.54, 1.807) is 6.92 Å². The average Bonchev–Trinajstić information content (AvgIpc) is 3.49. The molecule has 10 heteroatoms. The summed E-state index contributed by atoms with van der Waals surface area (Å²) in [6.07, 6.45) is -1.39. The topological polar surface area (TPSA) is 125 Å². The van der Waals surface area contributed by atoms with Crippen molar-refractivity contribution in [1.29, 1.82) is 0 Å². The van der Waals surface area contributed by atoms with Crippen LogP contribution in [0.2, 0.25) is 0 Å². The van der Waals surface area contributed by atoms with E-state index in [1.807, 2.05) is 75.4 Å². The summed E-state index contributed by atoms with van der Waals surface area (Å²) >= 11 is 1.47. The largest absolute Gasteiger partial charge is 0.381 e. The summed E-state index contributed by atoms with van der Waals surface area (Å²) in [5.41, 5.74) is 2.93. The number of amides is 3. The van der Waals surface area contributed by atoms with Gasteiger partial charge >= 0.3 is 0 Å². The van der Waals surface area contributed by atoms with Crippen LogP contribution in [0.25, 0.3) is 0 Å². The first-order valence-corrected chi connectivity index (χ1v) is 13.8. The van der Waals surface area contributed by atoms with E-state index in [1.165, 1.54) is 22.7 Å². The van der Waals surface area contributed by atoms with E-state index in [0.717, 1.165) is 16.7 Å². The molecule has 4 rings (SSSR count). The molecule has 0 bridgehead atoms. The normalized spacial score (nSPS) is 17.9. The maximum absolute atomic E-state index is 13.7. The van der Waals surface area contributed by atoms with Crippen molar-refractivity contribution in [2.24, 2.45) is 0 Å². The zero-order valence-corrected chi connectivity index (χ0v) is 23.3. The Morgan fingerprint density at radius 3 is 2.49 bits per heavy atom. The number of aromatic nitrogens is 1. The fraction of sp³-hybridized carbons (Fsp3) is 0.379. The maximum atomic E-state index is 13.7. The summed E-state index contributed by atoms with van der Waals surface area (Å²) in [4.78, 5) is 41.4. The Balaban J connectivity index is 1.53. The van der Waals surface area contributed by atoms with Crippen molar-refractivity contribution in [3.8, 4) is 0 Å². The lowest BCUT2D eigenvalue weighted by Crippen LogP contribution is -2.58. The number of thioether (sulfide) groups is 1. The van der Waals surface area contributed by atoms with Gasteiger partial charge in [0.2, 0.25) is 5.91 Å². The van der Waals surface area contributed by atoms with Gasteiger partial charge in [0.05, 0.1) is 11.9 Å². The first-order valence-electron chi connectivity index (χ1n) is 12.8. The second kappa shape index (κ2) is 12.0. The Morgan fingerprint density at radius 1 is 1.13 bits per heavy atom. The molecule has 1 aromatic heterocycles. The number of nitrogens with one attached hydrogen (secondary N) is 2. The lowest BCUT2D eigenvalue weighted by molar-refractivity contribution is -0.147. The minimum Gasteiger partial charge on any atom is -0.381 e. The number of carbonyl (C=O) groups is 3. The van der Waals surface area contributed by atoms with Crippen LogP contribution in [0.5, 0.6) is 0 Å². The van der Waals surface area contributed by atoms with Gasteiger partial charge in [-0.25, -0.2) is 0 Å².